The number of hydrogen-bond donors (Lipinski definition) is 0. The number of esters is 1. The Hall–Kier alpha value is -2.73. The molecule has 0 spiro atoms. The van der Waals surface area contributed by atoms with Gasteiger partial charge in [0.05, 0.1) is 16.8 Å². The minimum atomic E-state index is -0.347. The van der Waals surface area contributed by atoms with E-state index in [-0.39, 0.29) is 18.4 Å². The van der Waals surface area contributed by atoms with E-state index in [9.17, 15) is 9.59 Å². The van der Waals surface area contributed by atoms with Gasteiger partial charge in [0, 0.05) is 5.56 Å². The van der Waals surface area contributed by atoms with Gasteiger partial charge in [-0.15, -0.1) is 0 Å². The molecule has 0 unspecified atom stereocenters. The predicted octanol–water partition coefficient (Wildman–Crippen LogP) is 4.75. The summed E-state index contributed by atoms with van der Waals surface area (Å²) in [5, 5.41) is 0. The van der Waals surface area contributed by atoms with Gasteiger partial charge in [-0.1, -0.05) is 48.9 Å². The number of ether oxygens (including phenoxy) is 1. The highest BCUT2D eigenvalue weighted by molar-refractivity contribution is 7.16. The number of amides is 1. The maximum absolute atomic E-state index is 12.9. The lowest BCUT2D eigenvalue weighted by atomic mass is 10.0. The third-order valence-corrected chi connectivity index (χ3v) is 5.82. The first-order chi connectivity index (χ1) is 13.8. The summed E-state index contributed by atoms with van der Waals surface area (Å²) in [5.74, 6) is -0.270. The fourth-order valence-corrected chi connectivity index (χ4v) is 4.30. The van der Waals surface area contributed by atoms with Gasteiger partial charge in [-0.25, -0.2) is 0 Å². The van der Waals surface area contributed by atoms with Crippen LogP contribution in [0.3, 0.4) is 0 Å². The second-order valence-electron chi connectivity index (χ2n) is 7.39. The zero-order chi connectivity index (χ0) is 21.1. The van der Waals surface area contributed by atoms with Crippen molar-refractivity contribution in [2.24, 2.45) is 4.99 Å². The van der Waals surface area contributed by atoms with Crippen molar-refractivity contribution in [2.45, 2.75) is 47.1 Å². The smallest absolute Gasteiger partial charge is 0.326 e. The minimum Gasteiger partial charge on any atom is -0.465 e. The van der Waals surface area contributed by atoms with E-state index in [0.29, 0.717) is 22.9 Å². The van der Waals surface area contributed by atoms with E-state index in [4.69, 9.17) is 4.74 Å². The van der Waals surface area contributed by atoms with Crippen LogP contribution in [0.25, 0.3) is 10.2 Å². The Bertz CT molecular complexity index is 1140. The van der Waals surface area contributed by atoms with E-state index >= 15 is 0 Å². The third kappa shape index (κ3) is 4.65. The summed E-state index contributed by atoms with van der Waals surface area (Å²) in [5.41, 5.74) is 4.63. The molecule has 5 nitrogen and oxygen atoms in total. The first-order valence-electron chi connectivity index (χ1n) is 9.75. The number of fused-ring (bicyclic) bond motifs is 1. The molecule has 0 aliphatic rings. The van der Waals surface area contributed by atoms with E-state index in [1.165, 1.54) is 16.9 Å². The molecule has 0 saturated carbocycles. The monoisotopic (exact) mass is 410 g/mol. The number of aryl methyl sites for hydroxylation is 2. The van der Waals surface area contributed by atoms with Crippen LogP contribution in [-0.2, 0) is 16.1 Å². The number of benzene rings is 2. The van der Waals surface area contributed by atoms with Crippen molar-refractivity contribution in [3.8, 4) is 0 Å². The van der Waals surface area contributed by atoms with Gasteiger partial charge in [-0.2, -0.15) is 4.99 Å². The maximum atomic E-state index is 12.9. The standard InChI is InChI=1S/C23H26N2O3S/c1-6-28-21(26)13-25-19-10-8-17(14(2)3)12-20(19)29-23(25)24-22(27)18-9-7-15(4)11-16(18)5/h7-12,14H,6,13H2,1-5H3. The molecule has 0 N–H and O–H groups in total. The number of rotatable bonds is 5. The van der Waals surface area contributed by atoms with Crippen LogP contribution in [0.15, 0.2) is 41.4 Å². The fourth-order valence-electron chi connectivity index (χ4n) is 3.22. The van der Waals surface area contributed by atoms with Crippen molar-refractivity contribution in [1.82, 2.24) is 4.57 Å². The molecule has 2 aromatic carbocycles. The molecule has 3 aromatic rings. The Labute approximate surface area is 174 Å². The molecule has 152 valence electrons. The van der Waals surface area contributed by atoms with Crippen LogP contribution >= 0.6 is 11.3 Å². The van der Waals surface area contributed by atoms with Gasteiger partial charge in [-0.3, -0.25) is 9.59 Å². The van der Waals surface area contributed by atoms with Gasteiger partial charge in [0.25, 0.3) is 5.91 Å². The van der Waals surface area contributed by atoms with Crippen LogP contribution in [0.1, 0.15) is 53.7 Å². The summed E-state index contributed by atoms with van der Waals surface area (Å²) in [6, 6.07) is 11.8. The van der Waals surface area contributed by atoms with E-state index in [1.807, 2.05) is 32.0 Å². The normalized spacial score (nSPS) is 12.0. The Morgan fingerprint density at radius 1 is 1.14 bits per heavy atom. The van der Waals surface area contributed by atoms with Gasteiger partial charge in [0.2, 0.25) is 0 Å². The van der Waals surface area contributed by atoms with E-state index in [1.54, 1.807) is 17.6 Å². The van der Waals surface area contributed by atoms with Crippen molar-refractivity contribution in [1.29, 1.82) is 0 Å². The molecule has 0 atom stereocenters. The second-order valence-corrected chi connectivity index (χ2v) is 8.40. The van der Waals surface area contributed by atoms with Crippen LogP contribution in [0.5, 0.6) is 0 Å². The number of nitrogens with zero attached hydrogens (tertiary/aromatic N) is 2. The van der Waals surface area contributed by atoms with Crippen molar-refractivity contribution in [3.63, 3.8) is 0 Å². The predicted molar refractivity (Wildman–Crippen MR) is 116 cm³/mol. The van der Waals surface area contributed by atoms with Crippen LogP contribution in [-0.4, -0.2) is 23.1 Å². The van der Waals surface area contributed by atoms with Crippen LogP contribution < -0.4 is 4.80 Å². The lowest BCUT2D eigenvalue weighted by Gasteiger charge is -2.07. The molecular weight excluding hydrogens is 384 g/mol. The number of carbonyl (C=O) groups is 2. The lowest BCUT2D eigenvalue weighted by Crippen LogP contribution is -2.23. The maximum Gasteiger partial charge on any atom is 0.326 e. The third-order valence-electron chi connectivity index (χ3n) is 4.78. The molecule has 1 aromatic heterocycles. The second kappa shape index (κ2) is 8.74. The molecule has 3 rings (SSSR count). The van der Waals surface area contributed by atoms with Gasteiger partial charge in [-0.05, 0) is 56.0 Å². The summed E-state index contributed by atoms with van der Waals surface area (Å²) in [6.07, 6.45) is 0. The lowest BCUT2D eigenvalue weighted by molar-refractivity contribution is -0.143. The largest absolute Gasteiger partial charge is 0.465 e. The highest BCUT2D eigenvalue weighted by atomic mass is 32.1. The molecule has 0 radical (unpaired) electrons. The van der Waals surface area contributed by atoms with E-state index in [0.717, 1.165) is 21.3 Å². The van der Waals surface area contributed by atoms with Gasteiger partial charge in [0.15, 0.2) is 4.80 Å². The molecule has 1 amide bonds. The highest BCUT2D eigenvalue weighted by Crippen LogP contribution is 2.24. The number of aromatic nitrogens is 1. The summed E-state index contributed by atoms with van der Waals surface area (Å²) < 4.78 is 7.88. The molecule has 0 saturated heterocycles. The number of carbonyl (C=O) groups excluding carboxylic acids is 2. The quantitative estimate of drug-likeness (QED) is 0.571. The van der Waals surface area contributed by atoms with Gasteiger partial charge >= 0.3 is 5.97 Å². The topological polar surface area (TPSA) is 60.7 Å². The molecule has 0 fully saturated rings. The summed E-state index contributed by atoms with van der Waals surface area (Å²) in [6.45, 7) is 10.3. The van der Waals surface area contributed by atoms with Gasteiger partial charge < -0.3 is 9.30 Å². The van der Waals surface area contributed by atoms with Gasteiger partial charge in [0.1, 0.15) is 6.54 Å². The molecule has 0 bridgehead atoms. The molecule has 29 heavy (non-hydrogen) atoms. The Kier molecular flexibility index (Phi) is 6.33. The van der Waals surface area contributed by atoms with Crippen LogP contribution in [0.2, 0.25) is 0 Å². The molecule has 6 heteroatoms. The number of thiazole rings is 1. The molecule has 0 aliphatic carbocycles. The zero-order valence-electron chi connectivity index (χ0n) is 17.5. The van der Waals surface area contributed by atoms with Crippen LogP contribution in [0, 0.1) is 13.8 Å². The Morgan fingerprint density at radius 3 is 2.55 bits per heavy atom. The van der Waals surface area contributed by atoms with Crippen molar-refractivity contribution in [3.05, 3.63) is 63.5 Å². The van der Waals surface area contributed by atoms with Crippen molar-refractivity contribution in [2.75, 3.05) is 6.61 Å². The summed E-state index contributed by atoms with van der Waals surface area (Å²) in [4.78, 5) is 29.9. The molecular formula is C23H26N2O3S. The average molecular weight is 411 g/mol. The van der Waals surface area contributed by atoms with Crippen molar-refractivity contribution < 1.29 is 14.3 Å². The Morgan fingerprint density at radius 2 is 1.90 bits per heavy atom. The minimum absolute atomic E-state index is 0.0217. The highest BCUT2D eigenvalue weighted by Gasteiger charge is 2.15. The van der Waals surface area contributed by atoms with Crippen LogP contribution in [0.4, 0.5) is 0 Å². The summed E-state index contributed by atoms with van der Waals surface area (Å²) in [7, 11) is 0. The van der Waals surface area contributed by atoms with E-state index < -0.39 is 0 Å². The Balaban J connectivity index is 2.14. The fraction of sp³-hybridized carbons (Fsp3) is 0.348. The SMILES string of the molecule is CCOC(=O)Cn1c(=NC(=O)c2ccc(C)cc2C)sc2cc(C(C)C)ccc21. The molecule has 0 aliphatic heterocycles. The summed E-state index contributed by atoms with van der Waals surface area (Å²) >= 11 is 1.42. The average Bonchev–Trinajstić information content (AvgIpc) is 2.98. The first-order valence-corrected chi connectivity index (χ1v) is 10.6. The molecule has 1 heterocycles. The number of hydrogen-bond acceptors (Lipinski definition) is 4. The zero-order valence-corrected chi connectivity index (χ0v) is 18.3. The van der Waals surface area contributed by atoms with Crippen molar-refractivity contribution >= 4 is 33.4 Å². The first kappa shape index (κ1) is 21.0. The van der Waals surface area contributed by atoms with E-state index in [2.05, 4.69) is 31.0 Å².